The van der Waals surface area contributed by atoms with Gasteiger partial charge in [0.25, 0.3) is 5.56 Å². The summed E-state index contributed by atoms with van der Waals surface area (Å²) >= 11 is 0. The number of nitrogen functional groups attached to an aromatic ring is 1. The zero-order valence-electron chi connectivity index (χ0n) is 12.8. The minimum absolute atomic E-state index is 0.156. The van der Waals surface area contributed by atoms with E-state index < -0.39 is 0 Å². The number of fused-ring (bicyclic) bond motifs is 1. The van der Waals surface area contributed by atoms with Crippen LogP contribution in [0.15, 0.2) is 23.0 Å². The molecule has 0 saturated heterocycles. The van der Waals surface area contributed by atoms with E-state index >= 15 is 0 Å². The van der Waals surface area contributed by atoms with Crippen LogP contribution in [0.4, 0.5) is 11.6 Å². The fourth-order valence-corrected chi connectivity index (χ4v) is 2.42. The van der Waals surface area contributed by atoms with Crippen molar-refractivity contribution in [1.29, 1.82) is 0 Å². The number of anilines is 2. The Morgan fingerprint density at radius 3 is 2.90 bits per heavy atom. The lowest BCUT2D eigenvalue weighted by atomic mass is 9.99. The third-order valence-electron chi connectivity index (χ3n) is 3.83. The minimum atomic E-state index is -0.156. The lowest BCUT2D eigenvalue weighted by molar-refractivity contribution is 0.472. The highest BCUT2D eigenvalue weighted by atomic mass is 16.1. The summed E-state index contributed by atoms with van der Waals surface area (Å²) in [5.74, 6) is 1.14. The van der Waals surface area contributed by atoms with Gasteiger partial charge in [-0.25, -0.2) is 4.98 Å². The second kappa shape index (κ2) is 7.11. The van der Waals surface area contributed by atoms with Gasteiger partial charge in [0.1, 0.15) is 0 Å². The van der Waals surface area contributed by atoms with Gasteiger partial charge >= 0.3 is 0 Å². The van der Waals surface area contributed by atoms with Gasteiger partial charge in [0, 0.05) is 12.2 Å². The summed E-state index contributed by atoms with van der Waals surface area (Å²) in [6, 6.07) is 5.19. The maximum absolute atomic E-state index is 12.0. The molecule has 0 aliphatic rings. The molecule has 114 valence electrons. The first kappa shape index (κ1) is 15.4. The standard InChI is InChI=1S/C16H24N4O/c1-3-5-6-11(4-2)10-18-16-19-14-8-7-12(17)9-13(14)15(21)20-16/h7-9,11H,3-6,10,17H2,1-2H3,(H2,18,19,20,21). The van der Waals surface area contributed by atoms with Crippen LogP contribution < -0.4 is 16.6 Å². The SMILES string of the molecule is CCCCC(CC)CNc1nc2ccc(N)cc2c(=O)[nH]1. The number of nitrogens with two attached hydrogens (primary N) is 1. The van der Waals surface area contributed by atoms with Crippen LogP contribution in [0.3, 0.4) is 0 Å². The van der Waals surface area contributed by atoms with Crippen LogP contribution in [0.5, 0.6) is 0 Å². The number of hydrogen-bond acceptors (Lipinski definition) is 4. The molecule has 0 aliphatic carbocycles. The summed E-state index contributed by atoms with van der Waals surface area (Å²) in [6.07, 6.45) is 4.78. The van der Waals surface area contributed by atoms with Crippen LogP contribution in [0, 0.1) is 5.92 Å². The van der Waals surface area contributed by atoms with Crippen molar-refractivity contribution in [2.24, 2.45) is 5.92 Å². The zero-order valence-corrected chi connectivity index (χ0v) is 12.8. The molecule has 0 spiro atoms. The number of hydrogen-bond donors (Lipinski definition) is 3. The van der Waals surface area contributed by atoms with Crippen LogP contribution >= 0.6 is 0 Å². The number of aromatic amines is 1. The second-order valence-corrected chi connectivity index (χ2v) is 5.49. The molecule has 5 heteroatoms. The molecule has 1 heterocycles. The van der Waals surface area contributed by atoms with Crippen LogP contribution in [-0.4, -0.2) is 16.5 Å². The average molecular weight is 288 g/mol. The topological polar surface area (TPSA) is 83.8 Å². The van der Waals surface area contributed by atoms with Crippen molar-refractivity contribution in [1.82, 2.24) is 9.97 Å². The quantitative estimate of drug-likeness (QED) is 0.683. The molecule has 2 rings (SSSR count). The number of nitrogens with zero attached hydrogens (tertiary/aromatic N) is 1. The number of H-pyrrole nitrogens is 1. The molecule has 1 aromatic carbocycles. The van der Waals surface area contributed by atoms with E-state index in [0.29, 0.717) is 28.5 Å². The Kier molecular flexibility index (Phi) is 5.20. The molecular weight excluding hydrogens is 264 g/mol. The van der Waals surface area contributed by atoms with E-state index in [1.54, 1.807) is 18.2 Å². The Labute approximate surface area is 125 Å². The summed E-state index contributed by atoms with van der Waals surface area (Å²) in [4.78, 5) is 19.3. The van der Waals surface area contributed by atoms with Gasteiger partial charge < -0.3 is 11.1 Å². The Hall–Kier alpha value is -2.04. The van der Waals surface area contributed by atoms with Gasteiger partial charge in [0.15, 0.2) is 0 Å². The summed E-state index contributed by atoms with van der Waals surface area (Å²) in [7, 11) is 0. The molecule has 4 N–H and O–H groups in total. The van der Waals surface area contributed by atoms with Crippen LogP contribution in [0.25, 0.3) is 10.9 Å². The Bertz CT molecular complexity index is 650. The molecule has 0 aliphatic heterocycles. The van der Waals surface area contributed by atoms with Crippen LogP contribution in [0.1, 0.15) is 39.5 Å². The Morgan fingerprint density at radius 2 is 2.19 bits per heavy atom. The minimum Gasteiger partial charge on any atom is -0.399 e. The molecule has 1 aromatic heterocycles. The van der Waals surface area contributed by atoms with Crippen molar-refractivity contribution in [3.05, 3.63) is 28.6 Å². The van der Waals surface area contributed by atoms with E-state index in [0.717, 1.165) is 13.0 Å². The number of nitrogens with one attached hydrogen (secondary N) is 2. The number of unbranched alkanes of at least 4 members (excludes halogenated alkanes) is 1. The van der Waals surface area contributed by atoms with Crippen molar-refractivity contribution >= 4 is 22.5 Å². The number of aromatic nitrogens is 2. The highest BCUT2D eigenvalue weighted by molar-refractivity contribution is 5.81. The summed E-state index contributed by atoms with van der Waals surface area (Å²) in [5.41, 5.74) is 6.78. The van der Waals surface area contributed by atoms with Crippen molar-refractivity contribution in [2.45, 2.75) is 39.5 Å². The van der Waals surface area contributed by atoms with Crippen molar-refractivity contribution < 1.29 is 0 Å². The van der Waals surface area contributed by atoms with Crippen molar-refractivity contribution in [3.63, 3.8) is 0 Å². The molecular formula is C16H24N4O. The molecule has 0 fully saturated rings. The first-order valence-corrected chi connectivity index (χ1v) is 7.67. The van der Waals surface area contributed by atoms with E-state index in [2.05, 4.69) is 29.1 Å². The van der Waals surface area contributed by atoms with E-state index in [9.17, 15) is 4.79 Å². The summed E-state index contributed by atoms with van der Waals surface area (Å²) in [5, 5.41) is 3.78. The molecule has 1 unspecified atom stereocenters. The van der Waals surface area contributed by atoms with Gasteiger partial charge in [-0.3, -0.25) is 9.78 Å². The van der Waals surface area contributed by atoms with Gasteiger partial charge in [0.05, 0.1) is 10.9 Å². The van der Waals surface area contributed by atoms with E-state index in [1.165, 1.54) is 19.3 Å². The summed E-state index contributed by atoms with van der Waals surface area (Å²) in [6.45, 7) is 5.23. The van der Waals surface area contributed by atoms with Gasteiger partial charge in [0.2, 0.25) is 5.95 Å². The van der Waals surface area contributed by atoms with E-state index in [-0.39, 0.29) is 5.56 Å². The number of benzene rings is 1. The van der Waals surface area contributed by atoms with E-state index in [4.69, 9.17) is 5.73 Å². The maximum Gasteiger partial charge on any atom is 0.260 e. The summed E-state index contributed by atoms with van der Waals surface area (Å²) < 4.78 is 0. The lowest BCUT2D eigenvalue weighted by Gasteiger charge is -2.15. The molecule has 0 radical (unpaired) electrons. The third kappa shape index (κ3) is 3.97. The molecule has 0 amide bonds. The van der Waals surface area contributed by atoms with Gasteiger partial charge in [-0.05, 0) is 30.5 Å². The molecule has 0 bridgehead atoms. The van der Waals surface area contributed by atoms with Gasteiger partial charge in [-0.15, -0.1) is 0 Å². The predicted molar refractivity (Wildman–Crippen MR) is 88.6 cm³/mol. The molecule has 2 aromatic rings. The number of rotatable bonds is 7. The molecule has 21 heavy (non-hydrogen) atoms. The zero-order chi connectivity index (χ0) is 15.2. The normalized spacial score (nSPS) is 12.5. The smallest absolute Gasteiger partial charge is 0.260 e. The first-order valence-electron chi connectivity index (χ1n) is 7.67. The fraction of sp³-hybridized carbons (Fsp3) is 0.500. The average Bonchev–Trinajstić information content (AvgIpc) is 2.48. The second-order valence-electron chi connectivity index (χ2n) is 5.49. The maximum atomic E-state index is 12.0. The Balaban J connectivity index is 2.12. The molecule has 0 saturated carbocycles. The largest absolute Gasteiger partial charge is 0.399 e. The van der Waals surface area contributed by atoms with Crippen molar-refractivity contribution in [2.75, 3.05) is 17.6 Å². The van der Waals surface area contributed by atoms with E-state index in [1.807, 2.05) is 0 Å². The third-order valence-corrected chi connectivity index (χ3v) is 3.83. The van der Waals surface area contributed by atoms with Gasteiger partial charge in [-0.2, -0.15) is 0 Å². The van der Waals surface area contributed by atoms with Crippen LogP contribution in [0.2, 0.25) is 0 Å². The van der Waals surface area contributed by atoms with Crippen molar-refractivity contribution in [3.8, 4) is 0 Å². The fourth-order valence-electron chi connectivity index (χ4n) is 2.42. The molecule has 1 atom stereocenters. The lowest BCUT2D eigenvalue weighted by Crippen LogP contribution is -2.18. The van der Waals surface area contributed by atoms with Crippen LogP contribution in [-0.2, 0) is 0 Å². The highest BCUT2D eigenvalue weighted by Crippen LogP contribution is 2.15. The monoisotopic (exact) mass is 288 g/mol. The predicted octanol–water partition coefficient (Wildman–Crippen LogP) is 3.13. The molecule has 5 nitrogen and oxygen atoms in total. The Morgan fingerprint density at radius 1 is 1.38 bits per heavy atom. The highest BCUT2D eigenvalue weighted by Gasteiger charge is 2.08. The first-order chi connectivity index (χ1) is 10.1. The van der Waals surface area contributed by atoms with Gasteiger partial charge in [-0.1, -0.05) is 33.1 Å².